The molecule has 0 radical (unpaired) electrons. The summed E-state index contributed by atoms with van der Waals surface area (Å²) in [4.78, 5) is 25.6. The predicted molar refractivity (Wildman–Crippen MR) is 105 cm³/mol. The Morgan fingerprint density at radius 1 is 1.27 bits per heavy atom. The summed E-state index contributed by atoms with van der Waals surface area (Å²) in [7, 11) is 1.72. The first-order chi connectivity index (χ1) is 12.4. The van der Waals surface area contributed by atoms with Crippen LogP contribution in [-0.4, -0.2) is 59.6 Å². The average molecular weight is 384 g/mol. The third-order valence-electron chi connectivity index (χ3n) is 3.81. The van der Waals surface area contributed by atoms with Gasteiger partial charge in [-0.2, -0.15) is 0 Å². The van der Waals surface area contributed by atoms with Gasteiger partial charge in [-0.3, -0.25) is 4.79 Å². The topological polar surface area (TPSA) is 93.7 Å². The van der Waals surface area contributed by atoms with Crippen LogP contribution in [0.4, 0.5) is 10.5 Å². The molecule has 2 atom stereocenters. The Labute approximate surface area is 158 Å². The predicted octanol–water partition coefficient (Wildman–Crippen LogP) is 1.96. The maximum absolute atomic E-state index is 12.2. The Morgan fingerprint density at radius 3 is 2.46 bits per heavy atom. The van der Waals surface area contributed by atoms with Gasteiger partial charge < -0.3 is 24.8 Å². The molecule has 0 bridgehead atoms. The highest BCUT2D eigenvalue weighted by atomic mass is 32.2. The van der Waals surface area contributed by atoms with Crippen molar-refractivity contribution in [3.8, 4) is 0 Å². The highest BCUT2D eigenvalue weighted by molar-refractivity contribution is 7.90. The van der Waals surface area contributed by atoms with Gasteiger partial charge in [0.05, 0.1) is 18.8 Å². The number of ether oxygens (including phenoxy) is 1. The van der Waals surface area contributed by atoms with Gasteiger partial charge in [-0.1, -0.05) is 30.2 Å². The van der Waals surface area contributed by atoms with E-state index >= 15 is 0 Å². The van der Waals surface area contributed by atoms with Crippen molar-refractivity contribution in [2.45, 2.75) is 32.9 Å². The second-order valence-corrected chi connectivity index (χ2v) is 7.57. The molecule has 2 unspecified atom stereocenters. The summed E-state index contributed by atoms with van der Waals surface area (Å²) in [5.41, 5.74) is 1.51. The number of nitrogens with one attached hydrogen (secondary N) is 2. The van der Waals surface area contributed by atoms with Gasteiger partial charge in [0.1, 0.15) is 12.4 Å². The largest absolute Gasteiger partial charge is 0.617 e. The molecular weight excluding hydrogens is 354 g/mol. The van der Waals surface area contributed by atoms with Gasteiger partial charge >= 0.3 is 6.09 Å². The summed E-state index contributed by atoms with van der Waals surface area (Å²) in [6, 6.07) is 6.87. The zero-order valence-electron chi connectivity index (χ0n) is 15.9. The van der Waals surface area contributed by atoms with Crippen LogP contribution in [0.3, 0.4) is 0 Å². The Bertz CT molecular complexity index is 566. The molecule has 0 aliphatic heterocycles. The van der Waals surface area contributed by atoms with Crippen LogP contribution in [0.1, 0.15) is 25.8 Å². The maximum atomic E-state index is 12.2. The number of hydrogen-bond donors (Lipinski definition) is 2. The molecule has 26 heavy (non-hydrogen) atoms. The van der Waals surface area contributed by atoms with Gasteiger partial charge in [0.15, 0.2) is 0 Å². The van der Waals surface area contributed by atoms with Crippen molar-refractivity contribution < 1.29 is 18.9 Å². The SMILES string of the molecule is CCCN(CC[S+](C)[O-])C(=O)OCc1ccc(NC(=O)C(C)NC)cc1. The Hall–Kier alpha value is -1.77. The molecule has 0 saturated heterocycles. The minimum Gasteiger partial charge on any atom is -0.617 e. The fraction of sp³-hybridized carbons (Fsp3) is 0.556. The highest BCUT2D eigenvalue weighted by Crippen LogP contribution is 2.11. The summed E-state index contributed by atoms with van der Waals surface area (Å²) < 4.78 is 16.6. The first-order valence-electron chi connectivity index (χ1n) is 8.66. The molecule has 0 aliphatic rings. The molecule has 0 spiro atoms. The molecule has 146 valence electrons. The highest BCUT2D eigenvalue weighted by Gasteiger charge is 2.16. The summed E-state index contributed by atoms with van der Waals surface area (Å²) in [5, 5.41) is 5.67. The van der Waals surface area contributed by atoms with Crippen molar-refractivity contribution in [3.05, 3.63) is 29.8 Å². The summed E-state index contributed by atoms with van der Waals surface area (Å²) in [6.07, 6.45) is 2.02. The Balaban J connectivity index is 2.52. The Kier molecular flexibility index (Phi) is 10.1. The molecule has 0 fully saturated rings. The lowest BCUT2D eigenvalue weighted by Crippen LogP contribution is -2.36. The zero-order chi connectivity index (χ0) is 19.5. The van der Waals surface area contributed by atoms with Crippen LogP contribution in [0.15, 0.2) is 24.3 Å². The maximum Gasteiger partial charge on any atom is 0.410 e. The van der Waals surface area contributed by atoms with Crippen LogP contribution in [0.2, 0.25) is 0 Å². The first kappa shape index (κ1) is 22.3. The van der Waals surface area contributed by atoms with Crippen molar-refractivity contribution in [3.63, 3.8) is 0 Å². The van der Waals surface area contributed by atoms with E-state index in [1.165, 1.54) is 0 Å². The first-order valence-corrected chi connectivity index (χ1v) is 10.4. The molecule has 1 rings (SSSR count). The number of rotatable bonds is 10. The van der Waals surface area contributed by atoms with E-state index in [1.807, 2.05) is 6.92 Å². The smallest absolute Gasteiger partial charge is 0.410 e. The normalized spacial score (nSPS) is 13.0. The monoisotopic (exact) mass is 383 g/mol. The molecule has 0 aliphatic carbocycles. The lowest BCUT2D eigenvalue weighted by atomic mass is 10.2. The van der Waals surface area contributed by atoms with Gasteiger partial charge in [0.25, 0.3) is 0 Å². The number of carbonyl (C=O) groups excluding carboxylic acids is 2. The molecule has 0 aromatic heterocycles. The fourth-order valence-electron chi connectivity index (χ4n) is 2.11. The van der Waals surface area contributed by atoms with E-state index in [1.54, 1.807) is 49.4 Å². The number of carbonyl (C=O) groups is 2. The van der Waals surface area contributed by atoms with E-state index in [0.29, 0.717) is 24.5 Å². The molecule has 1 aromatic carbocycles. The van der Waals surface area contributed by atoms with Crippen LogP contribution in [-0.2, 0) is 27.3 Å². The molecule has 2 amide bonds. The van der Waals surface area contributed by atoms with Gasteiger partial charge in [-0.15, -0.1) is 0 Å². The average Bonchev–Trinajstić information content (AvgIpc) is 2.63. The van der Waals surface area contributed by atoms with Crippen molar-refractivity contribution in [2.75, 3.05) is 37.5 Å². The van der Waals surface area contributed by atoms with E-state index in [0.717, 1.165) is 12.0 Å². The van der Waals surface area contributed by atoms with Gasteiger partial charge in [0, 0.05) is 12.2 Å². The van der Waals surface area contributed by atoms with Crippen molar-refractivity contribution in [1.29, 1.82) is 0 Å². The standard InChI is InChI=1S/C18H29N3O4S/c1-5-10-21(11-12-26(4)24)18(23)25-13-15-6-8-16(9-7-15)20-17(22)14(2)19-3/h6-9,14,19H,5,10-13H2,1-4H3,(H,20,22). The quantitative estimate of drug-likeness (QED) is 0.603. The van der Waals surface area contributed by atoms with E-state index in [-0.39, 0.29) is 18.6 Å². The molecular formula is C18H29N3O4S. The van der Waals surface area contributed by atoms with Crippen LogP contribution in [0.25, 0.3) is 0 Å². The Morgan fingerprint density at radius 2 is 1.92 bits per heavy atom. The fourth-order valence-corrected chi connectivity index (χ4v) is 2.58. The van der Waals surface area contributed by atoms with Crippen molar-refractivity contribution >= 4 is 28.9 Å². The van der Waals surface area contributed by atoms with Gasteiger partial charge in [-0.05, 0) is 38.1 Å². The van der Waals surface area contributed by atoms with E-state index in [9.17, 15) is 14.1 Å². The lowest BCUT2D eigenvalue weighted by molar-refractivity contribution is -0.117. The van der Waals surface area contributed by atoms with E-state index in [2.05, 4.69) is 10.6 Å². The third-order valence-corrected chi connectivity index (χ3v) is 4.57. The van der Waals surface area contributed by atoms with Crippen LogP contribution in [0, 0.1) is 0 Å². The molecule has 0 saturated carbocycles. The van der Waals surface area contributed by atoms with E-state index in [4.69, 9.17) is 4.74 Å². The number of benzene rings is 1. The number of anilines is 1. The molecule has 7 nitrogen and oxygen atoms in total. The number of hydrogen-bond acceptors (Lipinski definition) is 5. The minimum absolute atomic E-state index is 0.116. The van der Waals surface area contributed by atoms with Gasteiger partial charge in [0.2, 0.25) is 5.91 Å². The third kappa shape index (κ3) is 8.07. The minimum atomic E-state index is -0.947. The second kappa shape index (κ2) is 11.8. The number of likely N-dealkylation sites (N-methyl/N-ethyl adjacent to an activating group) is 1. The van der Waals surface area contributed by atoms with Crippen molar-refractivity contribution in [1.82, 2.24) is 10.2 Å². The molecule has 8 heteroatoms. The molecule has 1 aromatic rings. The lowest BCUT2D eigenvalue weighted by Gasteiger charge is -2.21. The zero-order valence-corrected chi connectivity index (χ0v) is 16.7. The number of amides is 2. The van der Waals surface area contributed by atoms with Crippen LogP contribution < -0.4 is 10.6 Å². The summed E-state index contributed by atoms with van der Waals surface area (Å²) in [6.45, 7) is 4.90. The van der Waals surface area contributed by atoms with Crippen LogP contribution >= 0.6 is 0 Å². The van der Waals surface area contributed by atoms with E-state index < -0.39 is 17.3 Å². The number of nitrogens with zero attached hydrogens (tertiary/aromatic N) is 1. The molecule has 2 N–H and O–H groups in total. The van der Waals surface area contributed by atoms with Gasteiger partial charge in [-0.25, -0.2) is 4.79 Å². The van der Waals surface area contributed by atoms with Crippen LogP contribution in [0.5, 0.6) is 0 Å². The second-order valence-electron chi connectivity index (χ2n) is 6.02. The summed E-state index contributed by atoms with van der Waals surface area (Å²) in [5.74, 6) is 0.323. The van der Waals surface area contributed by atoms with Crippen molar-refractivity contribution in [2.24, 2.45) is 0 Å². The molecule has 0 heterocycles. The summed E-state index contributed by atoms with van der Waals surface area (Å²) >= 11 is -0.947.